The number of halogens is 1. The summed E-state index contributed by atoms with van der Waals surface area (Å²) >= 11 is 6.19. The number of nitro groups is 1. The molecule has 3 aromatic rings. The van der Waals surface area contributed by atoms with E-state index in [1.165, 1.54) is 23.1 Å². The summed E-state index contributed by atoms with van der Waals surface area (Å²) in [5, 5.41) is 14.6. The van der Waals surface area contributed by atoms with Gasteiger partial charge < -0.3 is 10.2 Å². The topological polar surface area (TPSA) is 130 Å². The molecule has 12 heteroatoms. The number of carbonyl (C=O) groups is 2. The zero-order valence-electron chi connectivity index (χ0n) is 22.2. The van der Waals surface area contributed by atoms with Gasteiger partial charge in [0, 0.05) is 36.7 Å². The maximum Gasteiger partial charge on any atom is 0.271 e. The van der Waals surface area contributed by atoms with Gasteiger partial charge in [-0.05, 0) is 35.7 Å². The Bertz CT molecular complexity index is 1450. The maximum absolute atomic E-state index is 14.0. The van der Waals surface area contributed by atoms with Gasteiger partial charge in [0.15, 0.2) is 0 Å². The summed E-state index contributed by atoms with van der Waals surface area (Å²) in [6.07, 6.45) is 1.77. The molecule has 0 heterocycles. The van der Waals surface area contributed by atoms with Crippen molar-refractivity contribution in [3.8, 4) is 0 Å². The van der Waals surface area contributed by atoms with E-state index in [0.717, 1.165) is 22.2 Å². The maximum atomic E-state index is 14.0. The lowest BCUT2D eigenvalue weighted by Gasteiger charge is -2.33. The first kappa shape index (κ1) is 30.6. The molecule has 0 aromatic heterocycles. The van der Waals surface area contributed by atoms with E-state index in [1.807, 2.05) is 37.3 Å². The molecule has 2 amide bonds. The number of nitro benzene ring substituents is 1. The molecule has 0 saturated carbocycles. The van der Waals surface area contributed by atoms with Crippen molar-refractivity contribution in [2.45, 2.75) is 32.4 Å². The number of amides is 2. The highest BCUT2D eigenvalue weighted by molar-refractivity contribution is 7.92. The predicted molar refractivity (Wildman–Crippen MR) is 155 cm³/mol. The smallest absolute Gasteiger partial charge is 0.271 e. The van der Waals surface area contributed by atoms with Gasteiger partial charge >= 0.3 is 0 Å². The SMILES string of the molecule is CCCNC(=O)[C@@H](Cc1ccccc1)N(Cc1cccc(Cl)c1)C(=O)CN(c1cccc([N+](=O)[O-])c1)S(C)(=O)=O. The summed E-state index contributed by atoms with van der Waals surface area (Å²) < 4.78 is 26.4. The molecule has 3 rings (SSSR count). The van der Waals surface area contributed by atoms with E-state index in [-0.39, 0.29) is 30.2 Å². The summed E-state index contributed by atoms with van der Waals surface area (Å²) in [6.45, 7) is 1.60. The second-order valence-electron chi connectivity index (χ2n) is 9.19. The number of hydrogen-bond donors (Lipinski definition) is 1. The summed E-state index contributed by atoms with van der Waals surface area (Å²) in [5.41, 5.74) is 1.09. The number of rotatable bonds is 13. The normalized spacial score (nSPS) is 11.9. The molecule has 0 bridgehead atoms. The van der Waals surface area contributed by atoms with Crippen LogP contribution in [-0.4, -0.2) is 55.4 Å². The molecular weight excluding hydrogens is 556 g/mol. The van der Waals surface area contributed by atoms with Crippen LogP contribution >= 0.6 is 11.6 Å². The second kappa shape index (κ2) is 13.9. The molecule has 0 aliphatic carbocycles. The van der Waals surface area contributed by atoms with Crippen molar-refractivity contribution >= 4 is 44.8 Å². The van der Waals surface area contributed by atoms with Gasteiger partial charge in [-0.1, -0.05) is 67.1 Å². The van der Waals surface area contributed by atoms with Crippen molar-refractivity contribution < 1.29 is 22.9 Å². The Labute approximate surface area is 238 Å². The molecule has 0 aliphatic heterocycles. The molecule has 0 unspecified atom stereocenters. The predicted octanol–water partition coefficient (Wildman–Crippen LogP) is 4.18. The van der Waals surface area contributed by atoms with Gasteiger partial charge in [0.25, 0.3) is 5.69 Å². The van der Waals surface area contributed by atoms with Gasteiger partial charge in [0.2, 0.25) is 21.8 Å². The highest BCUT2D eigenvalue weighted by Crippen LogP contribution is 2.24. The molecule has 40 heavy (non-hydrogen) atoms. The molecule has 10 nitrogen and oxygen atoms in total. The van der Waals surface area contributed by atoms with E-state index < -0.39 is 33.4 Å². The van der Waals surface area contributed by atoms with Crippen molar-refractivity contribution in [2.75, 3.05) is 23.7 Å². The van der Waals surface area contributed by atoms with Gasteiger partial charge in [-0.3, -0.25) is 24.0 Å². The fraction of sp³-hybridized carbons (Fsp3) is 0.286. The van der Waals surface area contributed by atoms with Crippen molar-refractivity contribution in [1.29, 1.82) is 0 Å². The van der Waals surface area contributed by atoms with Crippen LogP contribution in [0.15, 0.2) is 78.9 Å². The lowest BCUT2D eigenvalue weighted by atomic mass is 10.0. The number of carbonyl (C=O) groups excluding carboxylic acids is 2. The van der Waals surface area contributed by atoms with E-state index >= 15 is 0 Å². The zero-order valence-corrected chi connectivity index (χ0v) is 23.8. The summed E-state index contributed by atoms with van der Waals surface area (Å²) in [4.78, 5) is 39.4. The molecular formula is C28H31ClN4O6S. The summed E-state index contributed by atoms with van der Waals surface area (Å²) in [7, 11) is -4.05. The first-order valence-corrected chi connectivity index (χ1v) is 14.8. The first-order chi connectivity index (χ1) is 19.0. The fourth-order valence-corrected chi connectivity index (χ4v) is 5.18. The number of anilines is 1. The molecule has 0 saturated heterocycles. The monoisotopic (exact) mass is 586 g/mol. The molecule has 1 N–H and O–H groups in total. The minimum absolute atomic E-state index is 0.0248. The van der Waals surface area contributed by atoms with Crippen LogP contribution in [0.25, 0.3) is 0 Å². The fourth-order valence-electron chi connectivity index (χ4n) is 4.13. The van der Waals surface area contributed by atoms with Gasteiger partial charge in [-0.25, -0.2) is 8.42 Å². The number of non-ortho nitro benzene ring substituents is 1. The van der Waals surface area contributed by atoms with Crippen LogP contribution in [0.3, 0.4) is 0 Å². The number of nitrogens with one attached hydrogen (secondary N) is 1. The average Bonchev–Trinajstić information content (AvgIpc) is 2.92. The van der Waals surface area contributed by atoms with E-state index in [2.05, 4.69) is 5.32 Å². The standard InChI is InChI=1S/C28H31ClN4O6S/c1-3-15-30-28(35)26(17-21-9-5-4-6-10-21)31(19-22-11-7-12-23(29)16-22)27(34)20-32(40(2,38)39)24-13-8-14-25(18-24)33(36)37/h4-14,16,18,26H,3,15,17,19-20H2,1-2H3,(H,30,35)/t26-/m1/s1. The number of nitrogens with zero attached hydrogens (tertiary/aromatic N) is 3. The summed E-state index contributed by atoms with van der Waals surface area (Å²) in [5.74, 6) is -1.05. The van der Waals surface area contributed by atoms with Gasteiger partial charge in [-0.2, -0.15) is 0 Å². The molecule has 0 fully saturated rings. The highest BCUT2D eigenvalue weighted by Gasteiger charge is 2.33. The molecule has 0 aliphatic rings. The number of hydrogen-bond acceptors (Lipinski definition) is 6. The third-order valence-electron chi connectivity index (χ3n) is 6.07. The lowest BCUT2D eigenvalue weighted by Crippen LogP contribution is -2.53. The molecule has 3 aromatic carbocycles. The van der Waals surface area contributed by atoms with Crippen molar-refractivity contribution in [2.24, 2.45) is 0 Å². The van der Waals surface area contributed by atoms with E-state index in [1.54, 1.807) is 24.3 Å². The van der Waals surface area contributed by atoms with Crippen LogP contribution in [0.4, 0.5) is 11.4 Å². The van der Waals surface area contributed by atoms with E-state index in [0.29, 0.717) is 23.6 Å². The lowest BCUT2D eigenvalue weighted by molar-refractivity contribution is -0.384. The Morgan fingerprint density at radius 3 is 2.30 bits per heavy atom. The van der Waals surface area contributed by atoms with Crippen molar-refractivity contribution in [3.05, 3.63) is 105 Å². The van der Waals surface area contributed by atoms with Gasteiger partial charge in [0.1, 0.15) is 12.6 Å². The Morgan fingerprint density at radius 2 is 1.68 bits per heavy atom. The number of benzene rings is 3. The number of sulfonamides is 1. The van der Waals surface area contributed by atoms with Crippen LogP contribution in [0.5, 0.6) is 0 Å². The van der Waals surface area contributed by atoms with Crippen LogP contribution in [0.1, 0.15) is 24.5 Å². The molecule has 212 valence electrons. The summed E-state index contributed by atoms with van der Waals surface area (Å²) in [6, 6.07) is 20.0. The Morgan fingerprint density at radius 1 is 1.00 bits per heavy atom. The van der Waals surface area contributed by atoms with Crippen molar-refractivity contribution in [3.63, 3.8) is 0 Å². The Kier molecular flexibility index (Phi) is 10.6. The van der Waals surface area contributed by atoms with Gasteiger partial charge in [-0.15, -0.1) is 0 Å². The molecule has 0 radical (unpaired) electrons. The van der Waals surface area contributed by atoms with Crippen LogP contribution < -0.4 is 9.62 Å². The average molecular weight is 587 g/mol. The Balaban J connectivity index is 2.06. The second-order valence-corrected chi connectivity index (χ2v) is 11.5. The third kappa shape index (κ3) is 8.52. The van der Waals surface area contributed by atoms with Crippen molar-refractivity contribution in [1.82, 2.24) is 10.2 Å². The van der Waals surface area contributed by atoms with Crippen LogP contribution in [-0.2, 0) is 32.6 Å². The van der Waals surface area contributed by atoms with E-state index in [9.17, 15) is 28.1 Å². The minimum Gasteiger partial charge on any atom is -0.354 e. The van der Waals surface area contributed by atoms with Crippen LogP contribution in [0.2, 0.25) is 5.02 Å². The zero-order chi connectivity index (χ0) is 29.3. The third-order valence-corrected chi connectivity index (χ3v) is 7.45. The largest absolute Gasteiger partial charge is 0.354 e. The quantitative estimate of drug-likeness (QED) is 0.236. The first-order valence-electron chi connectivity index (χ1n) is 12.6. The molecule has 0 spiro atoms. The molecule has 1 atom stereocenters. The van der Waals surface area contributed by atoms with E-state index in [4.69, 9.17) is 11.6 Å². The minimum atomic E-state index is -4.05. The van der Waals surface area contributed by atoms with Gasteiger partial charge in [0.05, 0.1) is 16.9 Å². The Hall–Kier alpha value is -3.96. The highest BCUT2D eigenvalue weighted by atomic mass is 35.5. The van der Waals surface area contributed by atoms with Crippen LogP contribution in [0, 0.1) is 10.1 Å².